The van der Waals surface area contributed by atoms with Crippen LogP contribution in [-0.2, 0) is 26.6 Å². The molecule has 0 amide bonds. The second-order valence-electron chi connectivity index (χ2n) is 4.09. The molecule has 3 N–H and O–H groups in total. The van der Waals surface area contributed by atoms with Crippen LogP contribution in [-0.4, -0.2) is 60.3 Å². The highest BCUT2D eigenvalue weighted by Crippen LogP contribution is 2.14. The fourth-order valence-electron chi connectivity index (χ4n) is 1.72. The molecular formula is C12H43NO6S4Si2. The van der Waals surface area contributed by atoms with Gasteiger partial charge in [-0.15, -0.1) is 0 Å². The lowest BCUT2D eigenvalue weighted by Crippen LogP contribution is -2.42. The van der Waals surface area contributed by atoms with Gasteiger partial charge in [-0.05, 0) is 0 Å². The predicted octanol–water partition coefficient (Wildman–Crippen LogP) is 3.16. The van der Waals surface area contributed by atoms with Crippen molar-refractivity contribution in [2.75, 3.05) is 42.7 Å². The molecule has 0 radical (unpaired) electrons. The minimum atomic E-state index is -2.22. The van der Waals surface area contributed by atoms with E-state index in [1.165, 1.54) is 0 Å². The lowest BCUT2D eigenvalue weighted by atomic mass is 10.6. The van der Waals surface area contributed by atoms with Gasteiger partial charge in [0.1, 0.15) is 0 Å². The molecule has 0 rings (SSSR count). The zero-order chi connectivity index (χ0) is 16.1. The van der Waals surface area contributed by atoms with Gasteiger partial charge in [0.05, 0.1) is 0 Å². The maximum absolute atomic E-state index is 5.17. The maximum Gasteiger partial charge on any atom is 0.500 e. The van der Waals surface area contributed by atoms with Gasteiger partial charge >= 0.3 is 17.6 Å². The van der Waals surface area contributed by atoms with Crippen molar-refractivity contribution in [3.8, 4) is 0 Å². The fourth-order valence-corrected chi connectivity index (χ4v) is 5.17. The quantitative estimate of drug-likeness (QED) is 0.479. The Labute approximate surface area is 185 Å². The van der Waals surface area contributed by atoms with Gasteiger partial charge in [0.25, 0.3) is 0 Å². The van der Waals surface area contributed by atoms with Crippen molar-refractivity contribution in [1.82, 2.24) is 6.15 Å². The standard InChI is InChI=1S/2C6H16O3Si.H3N.4H2S/c2*1-5-6-10(7-2,8-3)9-4;;;;;/h2*5-6H2,1-4H3;1H3;4*1H2. The minimum absolute atomic E-state index is 0. The molecule has 0 aromatic rings. The topological polar surface area (TPSA) is 90.4 Å². The molecular weight excluding hydrogens is 439 g/mol. The third-order valence-corrected chi connectivity index (χ3v) is 8.94. The zero-order valence-electron chi connectivity index (χ0n) is 17.0. The summed E-state index contributed by atoms with van der Waals surface area (Å²) in [7, 11) is 5.37. The van der Waals surface area contributed by atoms with Crippen LogP contribution in [0.3, 0.4) is 0 Å². The van der Waals surface area contributed by atoms with Crippen LogP contribution in [0.2, 0.25) is 12.1 Å². The van der Waals surface area contributed by atoms with Crippen LogP contribution in [0, 0.1) is 0 Å². The van der Waals surface area contributed by atoms with E-state index in [2.05, 4.69) is 13.8 Å². The summed E-state index contributed by atoms with van der Waals surface area (Å²) in [5, 5.41) is 0. The average Bonchev–Trinajstić information content (AvgIpc) is 2.51. The van der Waals surface area contributed by atoms with Crippen LogP contribution in [0.4, 0.5) is 0 Å². The molecule has 25 heavy (non-hydrogen) atoms. The van der Waals surface area contributed by atoms with Crippen LogP contribution >= 0.6 is 54.0 Å². The Morgan fingerprint density at radius 3 is 0.680 bits per heavy atom. The Morgan fingerprint density at radius 1 is 0.480 bits per heavy atom. The molecule has 0 atom stereocenters. The normalized spacial score (nSPS) is 9.60. The monoisotopic (exact) mass is 481 g/mol. The van der Waals surface area contributed by atoms with Gasteiger partial charge in [0.15, 0.2) is 0 Å². The van der Waals surface area contributed by atoms with Crippen molar-refractivity contribution in [1.29, 1.82) is 0 Å². The van der Waals surface area contributed by atoms with Crippen molar-refractivity contribution >= 4 is 71.6 Å². The van der Waals surface area contributed by atoms with E-state index in [1.54, 1.807) is 42.7 Å². The van der Waals surface area contributed by atoms with E-state index in [-0.39, 0.29) is 60.1 Å². The van der Waals surface area contributed by atoms with E-state index >= 15 is 0 Å². The van der Waals surface area contributed by atoms with Crippen molar-refractivity contribution in [3.63, 3.8) is 0 Å². The van der Waals surface area contributed by atoms with Crippen LogP contribution < -0.4 is 6.15 Å². The number of rotatable bonds is 10. The van der Waals surface area contributed by atoms with Crippen molar-refractivity contribution < 1.29 is 26.6 Å². The maximum atomic E-state index is 5.17. The summed E-state index contributed by atoms with van der Waals surface area (Å²) in [6, 6.07) is 1.77. The Bertz CT molecular complexity index is 193. The van der Waals surface area contributed by atoms with Crippen LogP contribution in [0.1, 0.15) is 26.7 Å². The second kappa shape index (κ2) is 27.8. The van der Waals surface area contributed by atoms with E-state index in [1.807, 2.05) is 0 Å². The molecule has 0 aromatic heterocycles. The first-order valence-corrected chi connectivity index (χ1v) is 10.7. The molecule has 0 unspecified atom stereocenters. The summed E-state index contributed by atoms with van der Waals surface area (Å²) in [6.45, 7) is 4.16. The Morgan fingerprint density at radius 2 is 0.640 bits per heavy atom. The summed E-state index contributed by atoms with van der Waals surface area (Å²) >= 11 is 0. The molecule has 13 heteroatoms. The van der Waals surface area contributed by atoms with Gasteiger partial charge < -0.3 is 32.7 Å². The highest BCUT2D eigenvalue weighted by molar-refractivity contribution is 7.59. The SMILES string of the molecule is CCC[Si](OC)(OC)OC.CCC[Si](OC)(OC)OC.N.S.S.S.S. The second-order valence-corrected chi connectivity index (χ2v) is 10.3. The Balaban J connectivity index is -0.0000000432. The first kappa shape index (κ1) is 45.3. The van der Waals surface area contributed by atoms with E-state index in [0.29, 0.717) is 0 Å². The number of hydrogen-bond donors (Lipinski definition) is 1. The first-order valence-electron chi connectivity index (χ1n) is 6.80. The van der Waals surface area contributed by atoms with Gasteiger partial charge in [-0.2, -0.15) is 54.0 Å². The molecule has 0 saturated carbocycles. The van der Waals surface area contributed by atoms with E-state index in [9.17, 15) is 0 Å². The van der Waals surface area contributed by atoms with Crippen LogP contribution in [0.25, 0.3) is 0 Å². The summed E-state index contributed by atoms with van der Waals surface area (Å²) in [6.07, 6.45) is 2.06. The third kappa shape index (κ3) is 18.7. The summed E-state index contributed by atoms with van der Waals surface area (Å²) in [5.74, 6) is 0. The number of hydrogen-bond acceptors (Lipinski definition) is 7. The lowest BCUT2D eigenvalue weighted by Gasteiger charge is -2.23. The molecule has 7 nitrogen and oxygen atoms in total. The molecule has 0 aliphatic carbocycles. The van der Waals surface area contributed by atoms with E-state index in [0.717, 1.165) is 24.9 Å². The van der Waals surface area contributed by atoms with Crippen LogP contribution in [0.5, 0.6) is 0 Å². The minimum Gasteiger partial charge on any atom is -0.377 e. The van der Waals surface area contributed by atoms with Gasteiger partial charge in [-0.25, -0.2) is 0 Å². The van der Waals surface area contributed by atoms with Gasteiger partial charge in [-0.3, -0.25) is 0 Å². The van der Waals surface area contributed by atoms with Crippen molar-refractivity contribution in [3.05, 3.63) is 0 Å². The molecule has 0 aliphatic rings. The fraction of sp³-hybridized carbons (Fsp3) is 1.00. The molecule has 0 aliphatic heterocycles. The van der Waals surface area contributed by atoms with Gasteiger partial charge in [0, 0.05) is 54.7 Å². The third-order valence-electron chi connectivity index (χ3n) is 2.98. The Hall–Kier alpha value is 1.55. The van der Waals surface area contributed by atoms with Crippen molar-refractivity contribution in [2.24, 2.45) is 0 Å². The molecule has 0 heterocycles. The molecule has 0 bridgehead atoms. The molecule has 0 fully saturated rings. The molecule has 0 saturated heterocycles. The zero-order valence-corrected chi connectivity index (χ0v) is 23.0. The summed E-state index contributed by atoms with van der Waals surface area (Å²) in [4.78, 5) is 0. The summed E-state index contributed by atoms with van der Waals surface area (Å²) in [5.41, 5.74) is 0. The van der Waals surface area contributed by atoms with Gasteiger partial charge in [-0.1, -0.05) is 26.7 Å². The van der Waals surface area contributed by atoms with E-state index in [4.69, 9.17) is 26.6 Å². The van der Waals surface area contributed by atoms with E-state index < -0.39 is 17.6 Å². The highest BCUT2D eigenvalue weighted by atomic mass is 32.1. The van der Waals surface area contributed by atoms with Gasteiger partial charge in [0.2, 0.25) is 0 Å². The lowest BCUT2D eigenvalue weighted by molar-refractivity contribution is 0.123. The average molecular weight is 482 g/mol. The summed E-state index contributed by atoms with van der Waals surface area (Å²) < 4.78 is 31.0. The molecule has 0 aromatic carbocycles. The largest absolute Gasteiger partial charge is 0.500 e. The first-order chi connectivity index (χ1) is 9.49. The molecule has 0 spiro atoms. The molecule has 164 valence electrons. The predicted molar refractivity (Wildman–Crippen MR) is 130 cm³/mol. The van der Waals surface area contributed by atoms with Crippen molar-refractivity contribution in [2.45, 2.75) is 38.8 Å². The smallest absolute Gasteiger partial charge is 0.377 e. The van der Waals surface area contributed by atoms with Crippen LogP contribution in [0.15, 0.2) is 0 Å². The highest BCUT2D eigenvalue weighted by Gasteiger charge is 2.36. The Kier molecular flexibility index (Phi) is 50.4.